The molecule has 15 nitrogen and oxygen atoms in total. The van der Waals surface area contributed by atoms with Gasteiger partial charge in [-0.25, -0.2) is 0 Å². The van der Waals surface area contributed by atoms with Crippen LogP contribution in [-0.2, 0) is 28.7 Å². The number of nitrogens with two attached hydrogens (primary N) is 1. The van der Waals surface area contributed by atoms with Gasteiger partial charge in [-0.15, -0.1) is 11.8 Å². The van der Waals surface area contributed by atoms with Gasteiger partial charge >= 0.3 is 0 Å². The van der Waals surface area contributed by atoms with Gasteiger partial charge in [-0.2, -0.15) is 0 Å². The Balaban J connectivity index is 0.00000152. The maximum Gasteiger partial charge on any atom is 0.245 e. The average Bonchev–Trinajstić information content (AvgIpc) is 3.77. The van der Waals surface area contributed by atoms with E-state index in [0.717, 1.165) is 37.1 Å². The Morgan fingerprint density at radius 3 is 2.04 bits per heavy atom. The van der Waals surface area contributed by atoms with Crippen molar-refractivity contribution in [2.45, 2.75) is 170 Å². The normalized spacial score (nSPS) is 18.3. The van der Waals surface area contributed by atoms with Crippen molar-refractivity contribution < 1.29 is 33.8 Å². The summed E-state index contributed by atoms with van der Waals surface area (Å²) in [6.45, 7) is 31.5. The maximum absolute atomic E-state index is 14.4. The van der Waals surface area contributed by atoms with Crippen LogP contribution < -0.4 is 27.0 Å². The number of ether oxygens (including phenoxy) is 1. The Labute approximate surface area is 415 Å². The molecule has 2 rings (SSSR count). The van der Waals surface area contributed by atoms with Crippen LogP contribution in [0.4, 0.5) is 0 Å². The van der Waals surface area contributed by atoms with Gasteiger partial charge in [0.15, 0.2) is 0 Å². The first-order valence-electron chi connectivity index (χ1n) is 25.0. The standard InChI is InChI=1S/C42H81N7O5S.C10H13NO2/c1-17-29(10)38(30(11)23-34(50)49-20-18-19-33(49)39(54-16)28(8)9)48(15)42(53)36(26(4)5)46-41(52)37(27(6)7)47(14)21-22-55-24-44-31(12)32(13)45-40(51)35(43)25(2)3;1-8(11-7-12)10(13)9-5-3-2-4-6-9/h25-30,32-33,35-39,44H,12,17-24,43H2,1-11,13-16H3,(H,45,51)(H,46,52);2-8,10,13H,1H3,(H,11,12)/t29?,30?,32?,33?,35-,36-,37?,38?,39?;/m0./s1. The fraction of sp³-hybridized carbons (Fsp3) is 0.750. The molecule has 5 amide bonds. The molecule has 390 valence electrons. The van der Waals surface area contributed by atoms with E-state index in [1.807, 2.05) is 97.8 Å². The minimum atomic E-state index is -0.708. The van der Waals surface area contributed by atoms with Crippen LogP contribution in [0.25, 0.3) is 0 Å². The van der Waals surface area contributed by atoms with E-state index < -0.39 is 24.2 Å². The van der Waals surface area contributed by atoms with E-state index >= 15 is 0 Å². The average molecular weight is 975 g/mol. The van der Waals surface area contributed by atoms with Crippen LogP contribution in [0.1, 0.15) is 127 Å². The molecular formula is C52H94N8O7S. The first-order valence-corrected chi connectivity index (χ1v) is 26.1. The molecule has 1 aliphatic rings. The molecule has 7 N–H and O–H groups in total. The quantitative estimate of drug-likeness (QED) is 0.0323. The number of hydrogen-bond donors (Lipinski definition) is 6. The van der Waals surface area contributed by atoms with Crippen molar-refractivity contribution in [3.05, 3.63) is 48.2 Å². The van der Waals surface area contributed by atoms with Gasteiger partial charge in [0.25, 0.3) is 0 Å². The Morgan fingerprint density at radius 2 is 1.53 bits per heavy atom. The lowest BCUT2D eigenvalue weighted by Gasteiger charge is -2.41. The summed E-state index contributed by atoms with van der Waals surface area (Å²) in [4.78, 5) is 70.5. The minimum absolute atomic E-state index is 0.00715. The lowest BCUT2D eigenvalue weighted by Crippen LogP contribution is -2.59. The number of amides is 5. The van der Waals surface area contributed by atoms with Gasteiger partial charge in [0.1, 0.15) is 6.04 Å². The van der Waals surface area contributed by atoms with Gasteiger partial charge in [-0.3, -0.25) is 28.9 Å². The monoisotopic (exact) mass is 975 g/mol. The van der Waals surface area contributed by atoms with Crippen LogP contribution in [0, 0.1) is 35.5 Å². The molecule has 1 saturated heterocycles. The number of nitrogens with zero attached hydrogens (tertiary/aromatic N) is 3. The summed E-state index contributed by atoms with van der Waals surface area (Å²) in [5.74, 6) is 1.28. The molecule has 0 aliphatic carbocycles. The van der Waals surface area contributed by atoms with E-state index in [1.54, 1.807) is 30.7 Å². The minimum Gasteiger partial charge on any atom is -0.386 e. The third-order valence-electron chi connectivity index (χ3n) is 13.5. The summed E-state index contributed by atoms with van der Waals surface area (Å²) in [6, 6.07) is 6.90. The fourth-order valence-corrected chi connectivity index (χ4v) is 9.93. The van der Waals surface area contributed by atoms with Crippen LogP contribution in [0.5, 0.6) is 0 Å². The molecule has 68 heavy (non-hydrogen) atoms. The number of aliphatic hydroxyl groups excluding tert-OH is 1. The molecule has 0 aromatic heterocycles. The Hall–Kier alpha value is -3.70. The maximum atomic E-state index is 14.4. The first kappa shape index (κ1) is 62.3. The van der Waals surface area contributed by atoms with Crippen molar-refractivity contribution >= 4 is 41.8 Å². The van der Waals surface area contributed by atoms with E-state index in [-0.39, 0.29) is 83.5 Å². The second-order valence-electron chi connectivity index (χ2n) is 20.3. The lowest BCUT2D eigenvalue weighted by molar-refractivity contribution is -0.143. The molecule has 1 aliphatic heterocycles. The highest BCUT2D eigenvalue weighted by Gasteiger charge is 2.40. The summed E-state index contributed by atoms with van der Waals surface area (Å²) in [5.41, 5.74) is 7.49. The van der Waals surface area contributed by atoms with E-state index in [1.165, 1.54) is 0 Å². The van der Waals surface area contributed by atoms with Crippen molar-refractivity contribution in [1.82, 2.24) is 36.0 Å². The number of thioether (sulfide) groups is 1. The Bertz CT molecular complexity index is 1670. The molecule has 16 heteroatoms. The summed E-state index contributed by atoms with van der Waals surface area (Å²) < 4.78 is 5.84. The number of likely N-dealkylation sites (tertiary alicyclic amines) is 1. The number of aliphatic hydroxyl groups is 1. The van der Waals surface area contributed by atoms with Crippen molar-refractivity contribution in [2.75, 3.05) is 45.9 Å². The number of carbonyl (C=O) groups excluding carboxylic acids is 5. The second-order valence-corrected chi connectivity index (χ2v) is 21.4. The number of nitrogens with one attached hydrogen (secondary N) is 4. The predicted octanol–water partition coefficient (Wildman–Crippen LogP) is 5.78. The summed E-state index contributed by atoms with van der Waals surface area (Å²) in [5, 5.41) is 21.6. The van der Waals surface area contributed by atoms with E-state index in [2.05, 4.69) is 67.4 Å². The number of likely N-dealkylation sites (N-methyl/N-ethyl adjacent to an activating group) is 2. The van der Waals surface area contributed by atoms with Gasteiger partial charge < -0.3 is 46.6 Å². The summed E-state index contributed by atoms with van der Waals surface area (Å²) in [6.07, 6.45) is 3.05. The molecule has 1 aromatic carbocycles. The molecule has 0 bridgehead atoms. The fourth-order valence-electron chi connectivity index (χ4n) is 9.08. The van der Waals surface area contributed by atoms with Crippen molar-refractivity contribution in [1.29, 1.82) is 0 Å². The Morgan fingerprint density at radius 1 is 0.912 bits per heavy atom. The number of hydrogen-bond acceptors (Lipinski definition) is 11. The van der Waals surface area contributed by atoms with Crippen molar-refractivity contribution in [3.8, 4) is 0 Å². The zero-order chi connectivity index (χ0) is 52.0. The van der Waals surface area contributed by atoms with Crippen LogP contribution in [-0.4, -0.2) is 144 Å². The lowest BCUT2D eigenvalue weighted by atomic mass is 9.84. The summed E-state index contributed by atoms with van der Waals surface area (Å²) >= 11 is 1.68. The Kier molecular flexibility index (Phi) is 28.9. The largest absolute Gasteiger partial charge is 0.386 e. The molecule has 0 radical (unpaired) electrons. The van der Waals surface area contributed by atoms with Crippen molar-refractivity contribution in [3.63, 3.8) is 0 Å². The van der Waals surface area contributed by atoms with Crippen LogP contribution in [0.2, 0.25) is 0 Å². The van der Waals surface area contributed by atoms with Gasteiger partial charge in [0.2, 0.25) is 30.0 Å². The van der Waals surface area contributed by atoms with E-state index in [0.29, 0.717) is 36.9 Å². The highest BCUT2D eigenvalue weighted by Crippen LogP contribution is 2.30. The SMILES string of the molecule is C=C(NCSCCN(C)C(C(=O)N[C@H](C(=O)N(C)C(C(C)CC)C(C)CC(=O)N1CCCC1C(OC)C(C)C)C(C)C)C(C)C)C(C)NC(=O)[C@@H](N)C(C)C.CC(NC=O)C(O)c1ccccc1. The van der Waals surface area contributed by atoms with Crippen molar-refractivity contribution in [2.24, 2.45) is 41.2 Å². The third-order valence-corrected chi connectivity index (χ3v) is 14.3. The summed E-state index contributed by atoms with van der Waals surface area (Å²) in [7, 11) is 5.51. The van der Waals surface area contributed by atoms with Crippen LogP contribution >= 0.6 is 11.8 Å². The zero-order valence-electron chi connectivity index (χ0n) is 44.7. The smallest absolute Gasteiger partial charge is 0.245 e. The molecule has 0 saturated carbocycles. The van der Waals surface area contributed by atoms with Gasteiger partial charge in [-0.05, 0) is 74.8 Å². The van der Waals surface area contributed by atoms with Crippen LogP contribution in [0.15, 0.2) is 42.6 Å². The number of benzene rings is 1. The first-order chi connectivity index (χ1) is 31.9. The zero-order valence-corrected chi connectivity index (χ0v) is 45.5. The highest BCUT2D eigenvalue weighted by molar-refractivity contribution is 7.99. The number of rotatable bonds is 29. The second kappa shape index (κ2) is 31.5. The van der Waals surface area contributed by atoms with Gasteiger partial charge in [0, 0.05) is 51.2 Å². The predicted molar refractivity (Wildman–Crippen MR) is 278 cm³/mol. The van der Waals surface area contributed by atoms with Gasteiger partial charge in [0.05, 0.1) is 48.3 Å². The number of carbonyl (C=O) groups is 5. The van der Waals surface area contributed by atoms with E-state index in [9.17, 15) is 29.1 Å². The molecule has 1 fully saturated rings. The van der Waals surface area contributed by atoms with E-state index in [4.69, 9.17) is 10.5 Å². The molecule has 11 atom stereocenters. The van der Waals surface area contributed by atoms with Crippen LogP contribution in [0.3, 0.4) is 0 Å². The topological polar surface area (TPSA) is 199 Å². The molecule has 9 unspecified atom stereocenters. The molecule has 1 heterocycles. The third kappa shape index (κ3) is 19.6. The molecular weight excluding hydrogens is 881 g/mol. The van der Waals surface area contributed by atoms with Gasteiger partial charge in [-0.1, -0.05) is 119 Å². The molecule has 1 aromatic rings. The number of methoxy groups -OCH3 is 1. The molecule has 0 spiro atoms. The highest BCUT2D eigenvalue weighted by atomic mass is 32.2.